The third kappa shape index (κ3) is 1.96. The lowest BCUT2D eigenvalue weighted by molar-refractivity contribution is -0.118. The van der Waals surface area contributed by atoms with E-state index in [1.807, 2.05) is 6.92 Å². The van der Waals surface area contributed by atoms with Crippen LogP contribution in [-0.2, 0) is 4.79 Å². The van der Waals surface area contributed by atoms with Gasteiger partial charge < -0.3 is 4.90 Å². The van der Waals surface area contributed by atoms with Crippen LogP contribution in [0, 0.1) is 0 Å². The molecule has 0 aromatic carbocycles. The predicted molar refractivity (Wildman–Crippen MR) is 44.6 cm³/mol. The normalized spacial score (nSPS) is 22.5. The Balaban J connectivity index is 2.46. The molecule has 1 rings (SSSR count). The average Bonchev–Trinajstić information content (AvgIpc) is 2.33. The van der Waals surface area contributed by atoms with Crippen molar-refractivity contribution in [1.29, 1.82) is 0 Å². The second-order valence-electron chi connectivity index (χ2n) is 3.17. The van der Waals surface area contributed by atoms with E-state index in [9.17, 15) is 9.59 Å². The van der Waals surface area contributed by atoms with Gasteiger partial charge in [-0.05, 0) is 19.8 Å². The van der Waals surface area contributed by atoms with Crippen LogP contribution in [-0.4, -0.2) is 29.4 Å². The van der Waals surface area contributed by atoms with Crippen molar-refractivity contribution in [2.24, 2.45) is 0 Å². The SMILES string of the molecule is CC(=O)NC(=O)N1CCC[C@H]1C. The lowest BCUT2D eigenvalue weighted by atomic mass is 10.2. The monoisotopic (exact) mass is 170 g/mol. The molecular weight excluding hydrogens is 156 g/mol. The molecule has 12 heavy (non-hydrogen) atoms. The molecular formula is C8H14N2O2. The summed E-state index contributed by atoms with van der Waals surface area (Å²) >= 11 is 0. The quantitative estimate of drug-likeness (QED) is 0.582. The van der Waals surface area contributed by atoms with E-state index in [0.29, 0.717) is 0 Å². The molecule has 4 nitrogen and oxygen atoms in total. The highest BCUT2D eigenvalue weighted by Gasteiger charge is 2.25. The minimum Gasteiger partial charge on any atom is -0.322 e. The van der Waals surface area contributed by atoms with Crippen molar-refractivity contribution in [2.75, 3.05) is 6.54 Å². The summed E-state index contributed by atoms with van der Waals surface area (Å²) in [5.41, 5.74) is 0. The molecule has 0 spiro atoms. The molecule has 1 heterocycles. The number of carbonyl (C=O) groups is 2. The molecule has 0 aromatic heterocycles. The van der Waals surface area contributed by atoms with Gasteiger partial charge in [0.15, 0.2) is 0 Å². The maximum absolute atomic E-state index is 11.3. The zero-order valence-electron chi connectivity index (χ0n) is 7.46. The molecule has 0 aromatic rings. The predicted octanol–water partition coefficient (Wildman–Crippen LogP) is 0.727. The Morgan fingerprint density at radius 3 is 2.58 bits per heavy atom. The summed E-state index contributed by atoms with van der Waals surface area (Å²) in [6.45, 7) is 4.10. The molecule has 3 amide bonds. The van der Waals surface area contributed by atoms with Gasteiger partial charge in [-0.1, -0.05) is 0 Å². The van der Waals surface area contributed by atoms with Crippen LogP contribution in [0.2, 0.25) is 0 Å². The van der Waals surface area contributed by atoms with Gasteiger partial charge in [0.1, 0.15) is 0 Å². The first-order valence-corrected chi connectivity index (χ1v) is 4.19. The molecule has 1 aliphatic rings. The van der Waals surface area contributed by atoms with Crippen LogP contribution in [0.15, 0.2) is 0 Å². The second-order valence-corrected chi connectivity index (χ2v) is 3.17. The van der Waals surface area contributed by atoms with Crippen molar-refractivity contribution >= 4 is 11.9 Å². The highest BCUT2D eigenvalue weighted by molar-refractivity contribution is 5.93. The Kier molecular flexibility index (Phi) is 2.68. The molecule has 1 fully saturated rings. The van der Waals surface area contributed by atoms with Crippen LogP contribution in [0.4, 0.5) is 4.79 Å². The molecule has 1 atom stereocenters. The highest BCUT2D eigenvalue weighted by Crippen LogP contribution is 2.15. The molecule has 1 aliphatic heterocycles. The molecule has 0 bridgehead atoms. The van der Waals surface area contributed by atoms with Crippen LogP contribution in [0.25, 0.3) is 0 Å². The van der Waals surface area contributed by atoms with Gasteiger partial charge in [0, 0.05) is 19.5 Å². The first-order chi connectivity index (χ1) is 5.61. The molecule has 1 saturated heterocycles. The maximum Gasteiger partial charge on any atom is 0.324 e. The van der Waals surface area contributed by atoms with Crippen LogP contribution < -0.4 is 5.32 Å². The third-order valence-corrected chi connectivity index (χ3v) is 2.10. The standard InChI is InChI=1S/C8H14N2O2/c1-6-4-3-5-10(6)8(12)9-7(2)11/h6H,3-5H2,1-2H3,(H,9,11,12)/t6-/m1/s1. The zero-order valence-corrected chi connectivity index (χ0v) is 7.46. The summed E-state index contributed by atoms with van der Waals surface area (Å²) in [6.07, 6.45) is 2.07. The van der Waals surface area contributed by atoms with E-state index >= 15 is 0 Å². The fraction of sp³-hybridized carbons (Fsp3) is 0.750. The number of imide groups is 1. The van der Waals surface area contributed by atoms with Gasteiger partial charge in [-0.25, -0.2) is 4.79 Å². The smallest absolute Gasteiger partial charge is 0.322 e. The molecule has 0 unspecified atom stereocenters. The van der Waals surface area contributed by atoms with Gasteiger partial charge in [-0.2, -0.15) is 0 Å². The minimum atomic E-state index is -0.292. The van der Waals surface area contributed by atoms with E-state index in [2.05, 4.69) is 5.32 Å². The number of amides is 3. The van der Waals surface area contributed by atoms with Crippen LogP contribution in [0.1, 0.15) is 26.7 Å². The number of rotatable bonds is 0. The first kappa shape index (κ1) is 9.03. The summed E-state index contributed by atoms with van der Waals surface area (Å²) in [4.78, 5) is 23.5. The van der Waals surface area contributed by atoms with E-state index in [1.54, 1.807) is 4.90 Å². The Labute approximate surface area is 71.9 Å². The van der Waals surface area contributed by atoms with Crippen molar-refractivity contribution in [3.63, 3.8) is 0 Å². The summed E-state index contributed by atoms with van der Waals surface area (Å²) in [5.74, 6) is -0.292. The van der Waals surface area contributed by atoms with E-state index < -0.39 is 0 Å². The fourth-order valence-corrected chi connectivity index (χ4v) is 1.46. The van der Waals surface area contributed by atoms with E-state index in [1.165, 1.54) is 6.92 Å². The number of hydrogen-bond donors (Lipinski definition) is 1. The van der Waals surface area contributed by atoms with Crippen molar-refractivity contribution in [1.82, 2.24) is 10.2 Å². The van der Waals surface area contributed by atoms with Gasteiger partial charge >= 0.3 is 6.03 Å². The molecule has 0 saturated carbocycles. The summed E-state index contributed by atoms with van der Waals surface area (Å²) < 4.78 is 0. The molecule has 1 N–H and O–H groups in total. The highest BCUT2D eigenvalue weighted by atomic mass is 16.2. The topological polar surface area (TPSA) is 49.4 Å². The Hall–Kier alpha value is -1.06. The number of hydrogen-bond acceptors (Lipinski definition) is 2. The van der Waals surface area contributed by atoms with Crippen molar-refractivity contribution in [2.45, 2.75) is 32.7 Å². The second kappa shape index (κ2) is 3.56. The van der Waals surface area contributed by atoms with Crippen LogP contribution in [0.5, 0.6) is 0 Å². The van der Waals surface area contributed by atoms with Crippen molar-refractivity contribution < 1.29 is 9.59 Å². The van der Waals surface area contributed by atoms with Crippen molar-refractivity contribution in [3.05, 3.63) is 0 Å². The lowest BCUT2D eigenvalue weighted by Gasteiger charge is -2.20. The largest absolute Gasteiger partial charge is 0.324 e. The minimum absolute atomic E-state index is 0.257. The third-order valence-electron chi connectivity index (χ3n) is 2.10. The molecule has 0 aliphatic carbocycles. The summed E-state index contributed by atoms with van der Waals surface area (Å²) in [7, 11) is 0. The number of nitrogens with zero attached hydrogens (tertiary/aromatic N) is 1. The maximum atomic E-state index is 11.3. The molecule has 0 radical (unpaired) electrons. The lowest BCUT2D eigenvalue weighted by Crippen LogP contribution is -2.43. The van der Waals surface area contributed by atoms with Gasteiger partial charge in [-0.3, -0.25) is 10.1 Å². The Bertz CT molecular complexity index is 203. The number of likely N-dealkylation sites (tertiary alicyclic amines) is 1. The van der Waals surface area contributed by atoms with Gasteiger partial charge in [0.2, 0.25) is 5.91 Å². The van der Waals surface area contributed by atoms with Crippen LogP contribution >= 0.6 is 0 Å². The van der Waals surface area contributed by atoms with Crippen LogP contribution in [0.3, 0.4) is 0 Å². The van der Waals surface area contributed by atoms with Gasteiger partial charge in [0.05, 0.1) is 0 Å². The molecule has 68 valence electrons. The van der Waals surface area contributed by atoms with E-state index in [-0.39, 0.29) is 18.0 Å². The summed E-state index contributed by atoms with van der Waals surface area (Å²) in [5, 5.41) is 2.26. The van der Waals surface area contributed by atoms with Crippen molar-refractivity contribution in [3.8, 4) is 0 Å². The van der Waals surface area contributed by atoms with E-state index in [0.717, 1.165) is 19.4 Å². The zero-order chi connectivity index (χ0) is 9.14. The number of nitrogens with one attached hydrogen (secondary N) is 1. The summed E-state index contributed by atoms with van der Waals surface area (Å²) in [6, 6.07) is 0.0110. The van der Waals surface area contributed by atoms with Gasteiger partial charge in [0.25, 0.3) is 0 Å². The van der Waals surface area contributed by atoms with E-state index in [4.69, 9.17) is 0 Å². The Morgan fingerprint density at radius 2 is 2.17 bits per heavy atom. The number of carbonyl (C=O) groups excluding carboxylic acids is 2. The molecule has 4 heteroatoms. The fourth-order valence-electron chi connectivity index (χ4n) is 1.46. The Morgan fingerprint density at radius 1 is 1.50 bits per heavy atom. The number of urea groups is 1. The average molecular weight is 170 g/mol. The first-order valence-electron chi connectivity index (χ1n) is 4.19. The van der Waals surface area contributed by atoms with Gasteiger partial charge in [-0.15, -0.1) is 0 Å².